The van der Waals surface area contributed by atoms with Gasteiger partial charge in [0.25, 0.3) is 11.9 Å². The second-order valence-corrected chi connectivity index (χ2v) is 8.82. The summed E-state index contributed by atoms with van der Waals surface area (Å²) in [6, 6.07) is 4.23. The van der Waals surface area contributed by atoms with Crippen LogP contribution in [0, 0.1) is 20.8 Å². The highest BCUT2D eigenvalue weighted by Gasteiger charge is 2.42. The molecule has 0 saturated carbocycles. The molecule has 4 aromatic rings. The number of carbonyl (C=O) groups excluding carboxylic acids is 1. The molecule has 1 atom stereocenters. The molecule has 4 rings (SSSR count). The van der Waals surface area contributed by atoms with Crippen LogP contribution in [0.25, 0.3) is 17.2 Å². The summed E-state index contributed by atoms with van der Waals surface area (Å²) in [7, 11) is 0. The Morgan fingerprint density at radius 1 is 1.15 bits per heavy atom. The molecule has 0 aliphatic rings. The van der Waals surface area contributed by atoms with E-state index in [2.05, 4.69) is 20.1 Å². The van der Waals surface area contributed by atoms with Crippen molar-refractivity contribution in [2.24, 2.45) is 0 Å². The van der Waals surface area contributed by atoms with Gasteiger partial charge in [-0.25, -0.2) is 14.6 Å². The van der Waals surface area contributed by atoms with Crippen LogP contribution in [0.4, 0.5) is 13.2 Å². The molecule has 11 heteroatoms. The standard InChI is InChI=1S/C22H19F3N6OS/c1-12-9-16(14(3)33-12)18-6-8-27-21(29-18)31-13(2)17(11-28-31)20(32)30-19(22(23,24)25)15-5-4-7-26-10-15/h4-11,19H,1-3H3,(H,30,32)/t19-/m0/s1. The van der Waals surface area contributed by atoms with Crippen molar-refractivity contribution in [3.05, 3.63) is 75.6 Å². The molecular formula is C22H19F3N6OS. The van der Waals surface area contributed by atoms with E-state index in [9.17, 15) is 18.0 Å². The number of carbonyl (C=O) groups is 1. The van der Waals surface area contributed by atoms with Gasteiger partial charge in [0.05, 0.1) is 23.1 Å². The second-order valence-electron chi connectivity index (χ2n) is 7.36. The Bertz CT molecular complexity index is 1300. The van der Waals surface area contributed by atoms with Crippen molar-refractivity contribution < 1.29 is 18.0 Å². The Kier molecular flexibility index (Phi) is 5.98. The number of hydrogen-bond donors (Lipinski definition) is 1. The Hall–Kier alpha value is -3.60. The maximum absolute atomic E-state index is 13.6. The van der Waals surface area contributed by atoms with Crippen LogP contribution < -0.4 is 5.32 Å². The number of rotatable bonds is 5. The Labute approximate surface area is 191 Å². The highest BCUT2D eigenvalue weighted by atomic mass is 32.1. The number of hydrogen-bond acceptors (Lipinski definition) is 6. The maximum atomic E-state index is 13.6. The molecule has 0 aliphatic carbocycles. The number of nitrogens with one attached hydrogen (secondary N) is 1. The Morgan fingerprint density at radius 3 is 2.58 bits per heavy atom. The predicted molar refractivity (Wildman–Crippen MR) is 117 cm³/mol. The van der Waals surface area contributed by atoms with Crippen LogP contribution in [0.3, 0.4) is 0 Å². The van der Waals surface area contributed by atoms with Gasteiger partial charge < -0.3 is 5.32 Å². The quantitative estimate of drug-likeness (QED) is 0.453. The van der Waals surface area contributed by atoms with Gasteiger partial charge in [-0.3, -0.25) is 9.78 Å². The first-order valence-corrected chi connectivity index (χ1v) is 10.7. The van der Waals surface area contributed by atoms with Crippen LogP contribution >= 0.6 is 11.3 Å². The average molecular weight is 472 g/mol. The third-order valence-electron chi connectivity index (χ3n) is 5.02. The molecular weight excluding hydrogens is 453 g/mol. The minimum absolute atomic E-state index is 0.00954. The van der Waals surface area contributed by atoms with Crippen LogP contribution in [0.1, 0.15) is 37.4 Å². The zero-order chi connectivity index (χ0) is 23.8. The molecule has 0 aromatic carbocycles. The third kappa shape index (κ3) is 4.63. The van der Waals surface area contributed by atoms with Crippen LogP contribution in [0.2, 0.25) is 0 Å². The molecule has 4 aromatic heterocycles. The van der Waals surface area contributed by atoms with E-state index in [-0.39, 0.29) is 17.1 Å². The van der Waals surface area contributed by atoms with E-state index in [0.717, 1.165) is 21.5 Å². The summed E-state index contributed by atoms with van der Waals surface area (Å²) in [5.74, 6) is -0.697. The number of pyridine rings is 1. The molecule has 0 spiro atoms. The summed E-state index contributed by atoms with van der Waals surface area (Å²) >= 11 is 1.65. The van der Waals surface area contributed by atoms with Crippen molar-refractivity contribution >= 4 is 17.2 Å². The van der Waals surface area contributed by atoms with E-state index in [1.165, 1.54) is 29.2 Å². The smallest absolute Gasteiger partial charge is 0.337 e. The van der Waals surface area contributed by atoms with E-state index in [0.29, 0.717) is 11.4 Å². The molecule has 1 amide bonds. The van der Waals surface area contributed by atoms with Crippen molar-refractivity contribution in [2.75, 3.05) is 0 Å². The lowest BCUT2D eigenvalue weighted by Crippen LogP contribution is -2.38. The molecule has 7 nitrogen and oxygen atoms in total. The molecule has 0 saturated heterocycles. The monoisotopic (exact) mass is 472 g/mol. The number of halogens is 3. The van der Waals surface area contributed by atoms with Gasteiger partial charge in [-0.15, -0.1) is 11.3 Å². The van der Waals surface area contributed by atoms with Gasteiger partial charge in [-0.2, -0.15) is 18.3 Å². The molecule has 1 N–H and O–H groups in total. The molecule has 0 fully saturated rings. The van der Waals surface area contributed by atoms with Crippen molar-refractivity contribution in [3.63, 3.8) is 0 Å². The highest BCUT2D eigenvalue weighted by Crippen LogP contribution is 2.33. The first-order valence-electron chi connectivity index (χ1n) is 9.88. The molecule has 4 heterocycles. The number of alkyl halides is 3. The lowest BCUT2D eigenvalue weighted by atomic mass is 10.1. The molecule has 0 aliphatic heterocycles. The highest BCUT2D eigenvalue weighted by molar-refractivity contribution is 7.12. The molecule has 170 valence electrons. The van der Waals surface area contributed by atoms with E-state index >= 15 is 0 Å². The number of nitrogens with zero attached hydrogens (tertiary/aromatic N) is 5. The summed E-state index contributed by atoms with van der Waals surface area (Å²) in [4.78, 5) is 27.5. The number of aromatic nitrogens is 5. The lowest BCUT2D eigenvalue weighted by Gasteiger charge is -2.21. The van der Waals surface area contributed by atoms with Crippen LogP contribution in [0.5, 0.6) is 0 Å². The minimum Gasteiger partial charge on any atom is -0.337 e. The topological polar surface area (TPSA) is 85.6 Å². The van der Waals surface area contributed by atoms with Gasteiger partial charge in [-0.05, 0) is 39.0 Å². The zero-order valence-corrected chi connectivity index (χ0v) is 18.7. The first-order chi connectivity index (χ1) is 15.6. The number of thiophene rings is 1. The van der Waals surface area contributed by atoms with Crippen molar-refractivity contribution in [1.29, 1.82) is 0 Å². The molecule has 0 bridgehead atoms. The second kappa shape index (κ2) is 8.74. The van der Waals surface area contributed by atoms with Crippen LogP contribution in [0.15, 0.2) is 49.1 Å². The molecule has 0 unspecified atom stereocenters. The van der Waals surface area contributed by atoms with Gasteiger partial charge in [0, 0.05) is 39.5 Å². The zero-order valence-electron chi connectivity index (χ0n) is 17.9. The number of aryl methyl sites for hydroxylation is 2. The fraction of sp³-hybridized carbons (Fsp3) is 0.227. The maximum Gasteiger partial charge on any atom is 0.412 e. The van der Waals surface area contributed by atoms with Crippen molar-refractivity contribution in [3.8, 4) is 17.2 Å². The average Bonchev–Trinajstić information content (AvgIpc) is 3.33. The number of amides is 1. The van der Waals surface area contributed by atoms with Gasteiger partial charge in [0.15, 0.2) is 6.04 Å². The van der Waals surface area contributed by atoms with Gasteiger partial charge >= 0.3 is 6.18 Å². The summed E-state index contributed by atoms with van der Waals surface area (Å²) in [5, 5.41) is 6.20. The van der Waals surface area contributed by atoms with Crippen molar-refractivity contribution in [1.82, 2.24) is 30.0 Å². The first kappa shape index (κ1) is 22.6. The summed E-state index contributed by atoms with van der Waals surface area (Å²) < 4.78 is 42.2. The SMILES string of the molecule is Cc1cc(-c2ccnc(-n3ncc(C(=O)N[C@@H](c4cccnc4)C(F)(F)F)c3C)n2)c(C)s1. The summed E-state index contributed by atoms with van der Waals surface area (Å²) in [6.07, 6.45) is 0.517. The minimum atomic E-state index is -4.70. The normalized spacial score (nSPS) is 12.5. The van der Waals surface area contributed by atoms with E-state index in [1.54, 1.807) is 30.5 Å². The van der Waals surface area contributed by atoms with Gasteiger partial charge in [-0.1, -0.05) is 6.07 Å². The summed E-state index contributed by atoms with van der Waals surface area (Å²) in [6.45, 7) is 5.58. The molecule has 0 radical (unpaired) electrons. The van der Waals surface area contributed by atoms with E-state index in [4.69, 9.17) is 0 Å². The van der Waals surface area contributed by atoms with Gasteiger partial charge in [0.2, 0.25) is 0 Å². The fourth-order valence-corrected chi connectivity index (χ4v) is 4.36. The van der Waals surface area contributed by atoms with E-state index < -0.39 is 18.1 Å². The van der Waals surface area contributed by atoms with Crippen LogP contribution in [-0.4, -0.2) is 36.8 Å². The summed E-state index contributed by atoms with van der Waals surface area (Å²) in [5.41, 5.74) is 1.80. The lowest BCUT2D eigenvalue weighted by molar-refractivity contribution is -0.155. The Balaban J connectivity index is 1.63. The predicted octanol–water partition coefficient (Wildman–Crippen LogP) is 4.74. The fourth-order valence-electron chi connectivity index (χ4n) is 3.43. The van der Waals surface area contributed by atoms with Gasteiger partial charge in [0.1, 0.15) is 0 Å². The van der Waals surface area contributed by atoms with Crippen LogP contribution in [-0.2, 0) is 0 Å². The largest absolute Gasteiger partial charge is 0.412 e. The third-order valence-corrected chi connectivity index (χ3v) is 5.99. The van der Waals surface area contributed by atoms with Crippen molar-refractivity contribution in [2.45, 2.75) is 33.0 Å². The molecule has 33 heavy (non-hydrogen) atoms. The van der Waals surface area contributed by atoms with E-state index in [1.807, 2.05) is 25.2 Å². The Morgan fingerprint density at radius 2 is 1.94 bits per heavy atom.